The van der Waals surface area contributed by atoms with Crippen LogP contribution < -0.4 is 5.32 Å². The molecule has 1 aliphatic rings. The molecule has 0 spiro atoms. The second-order valence-electron chi connectivity index (χ2n) is 5.90. The summed E-state index contributed by atoms with van der Waals surface area (Å²) in [5.41, 5.74) is 3.16. The predicted octanol–water partition coefficient (Wildman–Crippen LogP) is 1.35. The van der Waals surface area contributed by atoms with Crippen molar-refractivity contribution in [2.75, 3.05) is 46.3 Å². The number of hydrogen-bond acceptors (Lipinski definition) is 4. The third kappa shape index (κ3) is 4.20. The van der Waals surface area contributed by atoms with Crippen LogP contribution in [0.4, 0.5) is 0 Å². The molecule has 0 bridgehead atoms. The molecule has 0 amide bonds. The number of nitrogens with zero attached hydrogens (tertiary/aromatic N) is 2. The molecule has 0 saturated carbocycles. The summed E-state index contributed by atoms with van der Waals surface area (Å²) in [7, 11) is 2.19. The van der Waals surface area contributed by atoms with Crippen LogP contribution in [0.1, 0.15) is 16.7 Å². The third-order valence-electron chi connectivity index (χ3n) is 4.08. The van der Waals surface area contributed by atoms with Gasteiger partial charge in [0, 0.05) is 45.8 Å². The molecule has 0 radical (unpaired) electrons. The lowest BCUT2D eigenvalue weighted by Gasteiger charge is -2.32. The third-order valence-corrected chi connectivity index (χ3v) is 4.08. The number of phenols is 1. The highest BCUT2D eigenvalue weighted by molar-refractivity contribution is 5.42. The summed E-state index contributed by atoms with van der Waals surface area (Å²) >= 11 is 0. The first-order chi connectivity index (χ1) is 9.56. The lowest BCUT2D eigenvalue weighted by molar-refractivity contribution is 0.154. The van der Waals surface area contributed by atoms with Gasteiger partial charge in [0.15, 0.2) is 0 Å². The Morgan fingerprint density at radius 1 is 1.10 bits per heavy atom. The van der Waals surface area contributed by atoms with Gasteiger partial charge in [0.1, 0.15) is 5.75 Å². The molecule has 1 aromatic carbocycles. The van der Waals surface area contributed by atoms with Crippen LogP contribution in [-0.4, -0.2) is 61.2 Å². The van der Waals surface area contributed by atoms with Crippen molar-refractivity contribution in [2.24, 2.45) is 0 Å². The van der Waals surface area contributed by atoms with Gasteiger partial charge >= 0.3 is 0 Å². The molecular formula is C16H27N3O. The van der Waals surface area contributed by atoms with Crippen molar-refractivity contribution in [2.45, 2.75) is 20.4 Å². The molecule has 1 heterocycles. The Morgan fingerprint density at radius 2 is 1.70 bits per heavy atom. The van der Waals surface area contributed by atoms with E-state index in [2.05, 4.69) is 34.3 Å². The minimum Gasteiger partial charge on any atom is -0.507 e. The first-order valence-electron chi connectivity index (χ1n) is 7.47. The van der Waals surface area contributed by atoms with E-state index in [1.807, 2.05) is 13.8 Å². The highest BCUT2D eigenvalue weighted by Gasteiger charge is 2.12. The van der Waals surface area contributed by atoms with Gasteiger partial charge in [-0.15, -0.1) is 0 Å². The molecule has 0 unspecified atom stereocenters. The summed E-state index contributed by atoms with van der Waals surface area (Å²) in [6.45, 7) is 11.6. The van der Waals surface area contributed by atoms with Crippen molar-refractivity contribution in [1.29, 1.82) is 0 Å². The molecule has 4 nitrogen and oxygen atoms in total. The van der Waals surface area contributed by atoms with Gasteiger partial charge in [0.25, 0.3) is 0 Å². The van der Waals surface area contributed by atoms with E-state index < -0.39 is 0 Å². The average molecular weight is 277 g/mol. The Morgan fingerprint density at radius 3 is 2.30 bits per heavy atom. The Hall–Kier alpha value is -1.10. The van der Waals surface area contributed by atoms with Crippen LogP contribution in [0.25, 0.3) is 0 Å². The second-order valence-corrected chi connectivity index (χ2v) is 5.90. The van der Waals surface area contributed by atoms with Crippen molar-refractivity contribution < 1.29 is 5.11 Å². The van der Waals surface area contributed by atoms with Crippen LogP contribution in [-0.2, 0) is 6.54 Å². The first kappa shape index (κ1) is 15.3. The number of nitrogens with one attached hydrogen (secondary N) is 1. The Labute approximate surface area is 122 Å². The van der Waals surface area contributed by atoms with Crippen molar-refractivity contribution in [3.05, 3.63) is 28.8 Å². The molecule has 2 rings (SSSR count). The fourth-order valence-electron chi connectivity index (χ4n) is 2.69. The fraction of sp³-hybridized carbons (Fsp3) is 0.625. The Bertz CT molecular complexity index is 416. The summed E-state index contributed by atoms with van der Waals surface area (Å²) < 4.78 is 0. The molecule has 112 valence electrons. The topological polar surface area (TPSA) is 38.7 Å². The molecule has 2 N–H and O–H groups in total. The molecule has 0 aliphatic carbocycles. The van der Waals surface area contributed by atoms with E-state index in [-0.39, 0.29) is 0 Å². The predicted molar refractivity (Wildman–Crippen MR) is 83.2 cm³/mol. The molecule has 0 atom stereocenters. The molecule has 1 aromatic rings. The summed E-state index contributed by atoms with van der Waals surface area (Å²) in [6.07, 6.45) is 0. The van der Waals surface area contributed by atoms with Crippen LogP contribution in [0.3, 0.4) is 0 Å². The number of piperazine rings is 1. The number of benzene rings is 1. The standard InChI is InChI=1S/C16H27N3O/c1-13-10-15(11-14(2)16(13)20)12-17-4-5-19-8-6-18(3)7-9-19/h10-11,17,20H,4-9,12H2,1-3H3. The van der Waals surface area contributed by atoms with Gasteiger partial charge in [-0.05, 0) is 37.6 Å². The molecule has 1 saturated heterocycles. The van der Waals surface area contributed by atoms with E-state index in [1.54, 1.807) is 0 Å². The van der Waals surface area contributed by atoms with E-state index in [0.29, 0.717) is 5.75 Å². The van der Waals surface area contributed by atoms with Crippen LogP contribution >= 0.6 is 0 Å². The van der Waals surface area contributed by atoms with Crippen molar-refractivity contribution in [3.63, 3.8) is 0 Å². The molecule has 0 aromatic heterocycles. The lowest BCUT2D eigenvalue weighted by Crippen LogP contribution is -2.46. The first-order valence-corrected chi connectivity index (χ1v) is 7.47. The molecular weight excluding hydrogens is 250 g/mol. The zero-order valence-electron chi connectivity index (χ0n) is 12.9. The van der Waals surface area contributed by atoms with Crippen LogP contribution in [0.5, 0.6) is 5.75 Å². The van der Waals surface area contributed by atoms with Crippen molar-refractivity contribution in [3.8, 4) is 5.75 Å². The van der Waals surface area contributed by atoms with Gasteiger partial charge in [-0.2, -0.15) is 0 Å². The van der Waals surface area contributed by atoms with Gasteiger partial charge in [-0.3, -0.25) is 4.90 Å². The van der Waals surface area contributed by atoms with Gasteiger partial charge in [0.05, 0.1) is 0 Å². The maximum Gasteiger partial charge on any atom is 0.121 e. The minimum absolute atomic E-state index is 0.422. The highest BCUT2D eigenvalue weighted by atomic mass is 16.3. The molecule has 4 heteroatoms. The normalized spacial score (nSPS) is 17.6. The van der Waals surface area contributed by atoms with Gasteiger partial charge < -0.3 is 15.3 Å². The number of likely N-dealkylation sites (N-methyl/N-ethyl adjacent to an activating group) is 1. The zero-order chi connectivity index (χ0) is 14.5. The average Bonchev–Trinajstić information content (AvgIpc) is 2.43. The van der Waals surface area contributed by atoms with Gasteiger partial charge in [-0.1, -0.05) is 12.1 Å². The largest absolute Gasteiger partial charge is 0.507 e. The monoisotopic (exact) mass is 277 g/mol. The summed E-state index contributed by atoms with van der Waals surface area (Å²) in [5, 5.41) is 13.3. The van der Waals surface area contributed by atoms with E-state index in [9.17, 15) is 5.11 Å². The van der Waals surface area contributed by atoms with E-state index in [4.69, 9.17) is 0 Å². The summed E-state index contributed by atoms with van der Waals surface area (Å²) in [5.74, 6) is 0.422. The number of hydrogen-bond donors (Lipinski definition) is 2. The fourth-order valence-corrected chi connectivity index (χ4v) is 2.69. The number of rotatable bonds is 5. The van der Waals surface area contributed by atoms with Crippen LogP contribution in [0, 0.1) is 13.8 Å². The zero-order valence-corrected chi connectivity index (χ0v) is 12.9. The van der Waals surface area contributed by atoms with Crippen molar-refractivity contribution >= 4 is 0 Å². The van der Waals surface area contributed by atoms with Crippen molar-refractivity contribution in [1.82, 2.24) is 15.1 Å². The number of aryl methyl sites for hydroxylation is 2. The van der Waals surface area contributed by atoms with Crippen LogP contribution in [0.2, 0.25) is 0 Å². The Balaban J connectivity index is 1.71. The summed E-state index contributed by atoms with van der Waals surface area (Å²) in [6, 6.07) is 4.12. The molecule has 1 aliphatic heterocycles. The van der Waals surface area contributed by atoms with Gasteiger partial charge in [-0.25, -0.2) is 0 Å². The van der Waals surface area contributed by atoms with E-state index in [0.717, 1.165) is 30.8 Å². The minimum atomic E-state index is 0.422. The number of aromatic hydroxyl groups is 1. The van der Waals surface area contributed by atoms with E-state index >= 15 is 0 Å². The second kappa shape index (κ2) is 7.07. The Kier molecular flexibility index (Phi) is 5.40. The highest BCUT2D eigenvalue weighted by Crippen LogP contribution is 2.22. The SMILES string of the molecule is Cc1cc(CNCCN2CCN(C)CC2)cc(C)c1O. The lowest BCUT2D eigenvalue weighted by atomic mass is 10.1. The van der Waals surface area contributed by atoms with Crippen LogP contribution in [0.15, 0.2) is 12.1 Å². The smallest absolute Gasteiger partial charge is 0.121 e. The summed E-state index contributed by atoms with van der Waals surface area (Å²) in [4.78, 5) is 4.90. The molecule has 20 heavy (non-hydrogen) atoms. The molecule has 1 fully saturated rings. The maximum absolute atomic E-state index is 9.76. The quantitative estimate of drug-likeness (QED) is 0.797. The number of phenolic OH excluding ortho intramolecular Hbond substituents is 1. The van der Waals surface area contributed by atoms with E-state index in [1.165, 1.54) is 31.7 Å². The van der Waals surface area contributed by atoms with Gasteiger partial charge in [0.2, 0.25) is 0 Å². The maximum atomic E-state index is 9.76.